The van der Waals surface area contributed by atoms with Crippen LogP contribution < -0.4 is 16.4 Å². The Kier molecular flexibility index (Phi) is 15.6. The van der Waals surface area contributed by atoms with Gasteiger partial charge in [-0.1, -0.05) is 38.1 Å². The van der Waals surface area contributed by atoms with Gasteiger partial charge in [0.05, 0.1) is 24.4 Å². The van der Waals surface area contributed by atoms with Gasteiger partial charge in [-0.05, 0) is 18.6 Å². The number of ether oxygens (including phenoxy) is 1. The number of benzene rings is 1. The third-order valence-electron chi connectivity index (χ3n) is 8.06. The lowest BCUT2D eigenvalue weighted by atomic mass is 9.87. The molecule has 7 atom stereocenters. The second-order valence-corrected chi connectivity index (χ2v) is 19.2. The number of carbonyl (C=O) groups is 2. The number of phosphoric ester groups is 3. The molecule has 1 aliphatic heterocycles. The van der Waals surface area contributed by atoms with Gasteiger partial charge in [-0.3, -0.25) is 27.7 Å². The highest BCUT2D eigenvalue weighted by Crippen LogP contribution is 2.61. The Morgan fingerprint density at radius 3 is 2.38 bits per heavy atom. The van der Waals surface area contributed by atoms with Crippen LogP contribution in [-0.2, 0) is 55.7 Å². The van der Waals surface area contributed by atoms with Crippen molar-refractivity contribution in [3.8, 4) is 0 Å². The Morgan fingerprint density at radius 1 is 1.03 bits per heavy atom. The molecule has 0 spiro atoms. The summed E-state index contributed by atoms with van der Waals surface area (Å²) in [5, 5.41) is 27.3. The first kappa shape index (κ1) is 47.1. The molecule has 322 valence electrons. The number of carbonyl (C=O) groups excluding carboxylic acids is 2. The van der Waals surface area contributed by atoms with Gasteiger partial charge in [-0.2, -0.15) is 4.31 Å². The maximum absolute atomic E-state index is 12.7. The fourth-order valence-electron chi connectivity index (χ4n) is 5.12. The minimum atomic E-state index is -5.59. The van der Waals surface area contributed by atoms with E-state index in [9.17, 15) is 61.5 Å². The highest BCUT2D eigenvalue weighted by atomic mass is 32.2. The van der Waals surface area contributed by atoms with Crippen molar-refractivity contribution in [1.82, 2.24) is 30.2 Å². The van der Waals surface area contributed by atoms with Crippen LogP contribution in [0.1, 0.15) is 32.9 Å². The van der Waals surface area contributed by atoms with Crippen molar-refractivity contribution >= 4 is 62.1 Å². The highest BCUT2D eigenvalue weighted by Gasteiger charge is 2.50. The van der Waals surface area contributed by atoms with Crippen molar-refractivity contribution in [2.75, 3.05) is 32.0 Å². The number of nitrogens with zero attached hydrogens (tertiary/aromatic N) is 4. The lowest BCUT2D eigenvalue weighted by Crippen LogP contribution is -2.46. The molecule has 0 saturated carbocycles. The van der Waals surface area contributed by atoms with E-state index in [0.717, 1.165) is 22.6 Å². The number of fused-ring (bicyclic) bond motifs is 1. The van der Waals surface area contributed by atoms with Crippen molar-refractivity contribution in [3.63, 3.8) is 0 Å². The second kappa shape index (κ2) is 19.2. The van der Waals surface area contributed by atoms with Crippen LogP contribution >= 0.6 is 23.5 Å². The molecule has 1 saturated heterocycles. The number of rotatable bonds is 21. The molecule has 2 aromatic heterocycles. The molecule has 4 rings (SSSR count). The van der Waals surface area contributed by atoms with Crippen LogP contribution in [0, 0.1) is 5.41 Å². The summed E-state index contributed by atoms with van der Waals surface area (Å²) < 4.78 is 86.6. The molecule has 0 radical (unpaired) electrons. The number of nitrogen functional groups attached to an aromatic ring is 1. The monoisotopic (exact) mass is 901 g/mol. The summed E-state index contributed by atoms with van der Waals surface area (Å²) in [5.41, 5.74) is 4.22. The van der Waals surface area contributed by atoms with E-state index in [1.54, 1.807) is 18.2 Å². The Labute approximate surface area is 329 Å². The van der Waals surface area contributed by atoms with Gasteiger partial charge in [0.25, 0.3) is 0 Å². The van der Waals surface area contributed by atoms with Gasteiger partial charge in [0.15, 0.2) is 27.5 Å². The largest absolute Gasteiger partial charge is 0.481 e. The Balaban J connectivity index is 1.23. The van der Waals surface area contributed by atoms with Gasteiger partial charge in [-0.15, -0.1) is 0 Å². The number of anilines is 1. The van der Waals surface area contributed by atoms with Gasteiger partial charge in [0.2, 0.25) is 11.8 Å². The lowest BCUT2D eigenvalue weighted by molar-refractivity contribution is -0.137. The third kappa shape index (κ3) is 13.2. The predicted molar refractivity (Wildman–Crippen MR) is 197 cm³/mol. The van der Waals surface area contributed by atoms with E-state index in [0.29, 0.717) is 0 Å². The van der Waals surface area contributed by atoms with E-state index in [-0.39, 0.29) is 47.8 Å². The number of hydrogen-bond donors (Lipinski definition) is 9. The molecule has 1 aromatic carbocycles. The number of nitrogens with two attached hydrogens (primary N) is 1. The maximum Gasteiger partial charge on any atom is 0.481 e. The standard InChI is InChI=1S/C29H42N7O18P3S/c1-29(2,24(39)27(40)32-12-10-20(37)31-11-6-7-13-58(48,49)18-8-4-3-5-9-18)15-51-57(46,47)54-56(44,45)50-14-19-23(53-55(41,42)43)22(38)28(52-19)36-17-35-21-25(30)33-16-34-26(21)36/h3-5,7-9,13,16-17,19,22-24,28,38-39H,6,10-12,14-15H2,1-2H3,(H,31,37)(H,32,40)(H,44,45)(H,46,47)(H2,30,33,34)(H2,41,42,43). The van der Waals surface area contributed by atoms with Crippen LogP contribution in [0.4, 0.5) is 5.82 Å². The molecule has 0 bridgehead atoms. The number of hydrogen-bond acceptors (Lipinski definition) is 18. The summed E-state index contributed by atoms with van der Waals surface area (Å²) in [4.78, 5) is 75.8. The first-order valence-electron chi connectivity index (χ1n) is 16.8. The molecule has 0 aliphatic carbocycles. The quantitative estimate of drug-likeness (QED) is 0.0493. The summed E-state index contributed by atoms with van der Waals surface area (Å²) >= 11 is 0. The van der Waals surface area contributed by atoms with E-state index in [2.05, 4.69) is 34.4 Å². The molecule has 1 aliphatic rings. The molecular formula is C29H42N7O18P3S. The average Bonchev–Trinajstić information content (AvgIpc) is 3.69. The minimum absolute atomic E-state index is 0.0224. The summed E-state index contributed by atoms with van der Waals surface area (Å²) in [5.74, 6) is -1.56. The van der Waals surface area contributed by atoms with E-state index in [1.165, 1.54) is 32.1 Å². The fraction of sp³-hybridized carbons (Fsp3) is 0.483. The van der Waals surface area contributed by atoms with Gasteiger partial charge in [0, 0.05) is 30.3 Å². The summed E-state index contributed by atoms with van der Waals surface area (Å²) in [6.07, 6.45) is -5.49. The molecule has 58 heavy (non-hydrogen) atoms. The molecule has 3 heterocycles. The number of aliphatic hydroxyl groups is 2. The van der Waals surface area contributed by atoms with Gasteiger partial charge < -0.3 is 50.9 Å². The van der Waals surface area contributed by atoms with Gasteiger partial charge in [0.1, 0.15) is 36.3 Å². The number of nitrogens with one attached hydrogen (secondary N) is 2. The minimum Gasteiger partial charge on any atom is -0.386 e. The number of amides is 2. The SMILES string of the molecule is CC(C)(COP(=O)(O)OP(=O)(O)OCC1OC(n2cnc3c(N)ncnc32)C(O)C1OP(=O)(O)O)C(O)C(=O)NCCC(=O)NCCC=CS(=O)(=O)c1ccccc1. The summed E-state index contributed by atoms with van der Waals surface area (Å²) in [6.45, 7) is 0.259. The zero-order chi connectivity index (χ0) is 43.1. The zero-order valence-corrected chi connectivity index (χ0v) is 34.0. The molecule has 25 nitrogen and oxygen atoms in total. The Morgan fingerprint density at radius 2 is 1.71 bits per heavy atom. The highest BCUT2D eigenvalue weighted by molar-refractivity contribution is 7.94. The predicted octanol–water partition coefficient (Wildman–Crippen LogP) is -0.217. The maximum atomic E-state index is 12.7. The first-order chi connectivity index (χ1) is 26.9. The topological polar surface area (TPSA) is 381 Å². The van der Waals surface area contributed by atoms with Crippen LogP contribution in [0.2, 0.25) is 0 Å². The third-order valence-corrected chi connectivity index (χ3v) is 12.6. The number of sulfone groups is 1. The van der Waals surface area contributed by atoms with Crippen LogP contribution in [0.25, 0.3) is 11.2 Å². The molecule has 29 heteroatoms. The van der Waals surface area contributed by atoms with Gasteiger partial charge >= 0.3 is 23.5 Å². The molecular weight excluding hydrogens is 859 g/mol. The Hall–Kier alpha value is -3.55. The molecule has 7 unspecified atom stereocenters. The molecule has 10 N–H and O–H groups in total. The average molecular weight is 902 g/mol. The lowest BCUT2D eigenvalue weighted by Gasteiger charge is -2.30. The molecule has 1 fully saturated rings. The van der Waals surface area contributed by atoms with Crippen molar-refractivity contribution in [2.45, 2.75) is 62.2 Å². The first-order valence-corrected chi connectivity index (χ1v) is 22.8. The van der Waals surface area contributed by atoms with Crippen molar-refractivity contribution in [1.29, 1.82) is 0 Å². The normalized spacial score (nSPS) is 21.7. The van der Waals surface area contributed by atoms with Crippen LogP contribution in [0.3, 0.4) is 0 Å². The van der Waals surface area contributed by atoms with E-state index < -0.39 is 94.4 Å². The van der Waals surface area contributed by atoms with Crippen molar-refractivity contribution < 1.29 is 84.1 Å². The van der Waals surface area contributed by atoms with Crippen LogP contribution in [0.15, 0.2) is 59.4 Å². The van der Waals surface area contributed by atoms with Crippen LogP contribution in [0.5, 0.6) is 0 Å². The van der Waals surface area contributed by atoms with Crippen molar-refractivity contribution in [3.05, 3.63) is 54.5 Å². The zero-order valence-electron chi connectivity index (χ0n) is 30.5. The van der Waals surface area contributed by atoms with Gasteiger partial charge in [-0.25, -0.2) is 37.1 Å². The second-order valence-electron chi connectivity index (χ2n) is 13.1. The fourth-order valence-corrected chi connectivity index (χ4v) is 9.03. The van der Waals surface area contributed by atoms with Crippen molar-refractivity contribution in [2.24, 2.45) is 5.41 Å². The smallest absolute Gasteiger partial charge is 0.386 e. The summed E-state index contributed by atoms with van der Waals surface area (Å²) in [7, 11) is -20.1. The molecule has 3 aromatic rings. The molecule has 2 amide bonds. The van der Waals surface area contributed by atoms with E-state index in [4.69, 9.17) is 19.5 Å². The summed E-state index contributed by atoms with van der Waals surface area (Å²) in [6, 6.07) is 7.73. The Bertz CT molecular complexity index is 2210. The number of aliphatic hydroxyl groups excluding tert-OH is 2. The number of imidazole rings is 1. The van der Waals surface area contributed by atoms with E-state index >= 15 is 0 Å². The van der Waals surface area contributed by atoms with Crippen LogP contribution in [-0.4, -0.2) is 120 Å². The van der Waals surface area contributed by atoms with E-state index in [1.807, 2.05) is 0 Å². The number of phosphoric acid groups is 3. The number of aromatic nitrogens is 4.